The summed E-state index contributed by atoms with van der Waals surface area (Å²) in [6, 6.07) is -0.387. The quantitative estimate of drug-likeness (QED) is 0.711. The first-order valence-corrected chi connectivity index (χ1v) is 4.68. The Kier molecular flexibility index (Phi) is 1.78. The molecule has 1 fully saturated rings. The molecule has 2 aliphatic rings. The van der Waals surface area contributed by atoms with Crippen molar-refractivity contribution in [3.63, 3.8) is 0 Å². The lowest BCUT2D eigenvalue weighted by molar-refractivity contribution is 0.378. The van der Waals surface area contributed by atoms with Crippen molar-refractivity contribution in [2.75, 3.05) is 13.3 Å². The molecule has 1 aliphatic carbocycles. The molecule has 5 heteroatoms. The summed E-state index contributed by atoms with van der Waals surface area (Å²) in [5.74, 6) is 0.0739. The van der Waals surface area contributed by atoms with Crippen LogP contribution in [-0.2, 0) is 0 Å². The van der Waals surface area contributed by atoms with Crippen LogP contribution in [0.25, 0.3) is 0 Å². The van der Waals surface area contributed by atoms with Crippen molar-refractivity contribution in [2.24, 2.45) is 16.6 Å². The van der Waals surface area contributed by atoms with E-state index in [2.05, 4.69) is 4.99 Å². The first-order chi connectivity index (χ1) is 5.72. The van der Waals surface area contributed by atoms with Gasteiger partial charge in [-0.25, -0.2) is 8.78 Å². The second kappa shape index (κ2) is 2.58. The van der Waals surface area contributed by atoms with E-state index in [0.29, 0.717) is 11.6 Å². The summed E-state index contributed by atoms with van der Waals surface area (Å²) in [5.41, 5.74) is 5.46. The lowest BCUT2D eigenvalue weighted by Crippen LogP contribution is -2.30. The standard InChI is InChI=1S/C7H10F2N2S/c8-2-5-4-1-7(4,3-9)12-6(10)11-5/h4-5H,1-3H2,(H2,10,11). The summed E-state index contributed by atoms with van der Waals surface area (Å²) in [7, 11) is 0. The van der Waals surface area contributed by atoms with E-state index in [4.69, 9.17) is 5.73 Å². The number of rotatable bonds is 2. The van der Waals surface area contributed by atoms with Crippen molar-refractivity contribution in [1.29, 1.82) is 0 Å². The van der Waals surface area contributed by atoms with E-state index in [1.165, 1.54) is 11.8 Å². The zero-order chi connectivity index (χ0) is 8.77. The Morgan fingerprint density at radius 3 is 3.00 bits per heavy atom. The number of nitrogens with zero attached hydrogens (tertiary/aromatic N) is 1. The Balaban J connectivity index is 2.17. The van der Waals surface area contributed by atoms with Crippen molar-refractivity contribution in [3.8, 4) is 0 Å². The summed E-state index contributed by atoms with van der Waals surface area (Å²) in [4.78, 5) is 3.93. The Bertz CT molecular complexity index is 233. The molecule has 12 heavy (non-hydrogen) atoms. The maximum absolute atomic E-state index is 12.5. The number of alkyl halides is 2. The predicted octanol–water partition coefficient (Wildman–Crippen LogP) is 1.11. The molecule has 3 unspecified atom stereocenters. The predicted molar refractivity (Wildman–Crippen MR) is 45.8 cm³/mol. The Labute approximate surface area is 73.6 Å². The topological polar surface area (TPSA) is 38.4 Å². The van der Waals surface area contributed by atoms with Crippen LogP contribution in [0.4, 0.5) is 8.78 Å². The van der Waals surface area contributed by atoms with Gasteiger partial charge in [-0.1, -0.05) is 11.8 Å². The van der Waals surface area contributed by atoms with E-state index in [0.717, 1.165) is 0 Å². The SMILES string of the molecule is NC1=NC(CF)C2CC2(CF)S1. The average Bonchev–Trinajstić information content (AvgIpc) is 2.78. The highest BCUT2D eigenvalue weighted by Gasteiger charge is 2.61. The number of thioether (sulfide) groups is 1. The Morgan fingerprint density at radius 1 is 1.67 bits per heavy atom. The normalized spacial score (nSPS) is 45.0. The molecule has 3 atom stereocenters. The lowest BCUT2D eigenvalue weighted by atomic mass is 10.2. The van der Waals surface area contributed by atoms with Gasteiger partial charge in [0.05, 0.1) is 10.8 Å². The Hall–Kier alpha value is -0.320. The molecular formula is C7H10F2N2S. The summed E-state index contributed by atoms with van der Waals surface area (Å²) in [6.07, 6.45) is 0.715. The van der Waals surface area contributed by atoms with E-state index < -0.39 is 18.1 Å². The third-order valence-corrected chi connectivity index (χ3v) is 3.83. The van der Waals surface area contributed by atoms with E-state index >= 15 is 0 Å². The van der Waals surface area contributed by atoms with Crippen LogP contribution in [-0.4, -0.2) is 29.3 Å². The van der Waals surface area contributed by atoms with E-state index in [-0.39, 0.29) is 12.0 Å². The number of hydrogen-bond acceptors (Lipinski definition) is 3. The molecule has 0 aromatic carbocycles. The highest BCUT2D eigenvalue weighted by molar-refractivity contribution is 8.15. The van der Waals surface area contributed by atoms with Crippen LogP contribution in [0.3, 0.4) is 0 Å². The molecular weight excluding hydrogens is 182 g/mol. The Morgan fingerprint density at radius 2 is 2.42 bits per heavy atom. The molecule has 0 radical (unpaired) electrons. The molecule has 2 nitrogen and oxygen atoms in total. The third-order valence-electron chi connectivity index (χ3n) is 2.53. The molecule has 0 aromatic heterocycles. The molecule has 1 heterocycles. The van der Waals surface area contributed by atoms with Crippen molar-refractivity contribution in [2.45, 2.75) is 17.2 Å². The van der Waals surface area contributed by atoms with Gasteiger partial charge in [0, 0.05) is 5.92 Å². The highest BCUT2D eigenvalue weighted by Crippen LogP contribution is 2.59. The molecule has 1 saturated carbocycles. The van der Waals surface area contributed by atoms with Crippen LogP contribution in [0.2, 0.25) is 0 Å². The summed E-state index contributed by atoms with van der Waals surface area (Å²) < 4.78 is 24.5. The molecule has 0 aromatic rings. The van der Waals surface area contributed by atoms with Crippen molar-refractivity contribution < 1.29 is 8.78 Å². The molecule has 0 amide bonds. The zero-order valence-corrected chi connectivity index (χ0v) is 7.28. The molecule has 68 valence electrons. The van der Waals surface area contributed by atoms with Gasteiger partial charge in [-0.2, -0.15) is 0 Å². The van der Waals surface area contributed by atoms with Crippen LogP contribution in [0, 0.1) is 5.92 Å². The van der Waals surface area contributed by atoms with Crippen molar-refractivity contribution >= 4 is 16.9 Å². The van der Waals surface area contributed by atoms with Crippen molar-refractivity contribution in [1.82, 2.24) is 0 Å². The summed E-state index contributed by atoms with van der Waals surface area (Å²) in [5, 5.41) is 0.337. The van der Waals surface area contributed by atoms with Crippen LogP contribution in [0.1, 0.15) is 6.42 Å². The minimum Gasteiger partial charge on any atom is -0.379 e. The lowest BCUT2D eigenvalue weighted by Gasteiger charge is -2.20. The third kappa shape index (κ3) is 1.02. The zero-order valence-electron chi connectivity index (χ0n) is 6.46. The largest absolute Gasteiger partial charge is 0.379 e. The fourth-order valence-electron chi connectivity index (χ4n) is 1.73. The van der Waals surface area contributed by atoms with Gasteiger partial charge in [-0.05, 0) is 6.42 Å². The second-order valence-corrected chi connectivity index (χ2v) is 4.74. The molecule has 0 bridgehead atoms. The summed E-state index contributed by atoms with van der Waals surface area (Å²) >= 11 is 1.27. The fourth-order valence-corrected chi connectivity index (χ4v) is 2.96. The fraction of sp³-hybridized carbons (Fsp3) is 0.857. The van der Waals surface area contributed by atoms with Gasteiger partial charge < -0.3 is 5.73 Å². The minimum atomic E-state index is -0.520. The number of halogens is 2. The molecule has 2 N–H and O–H groups in total. The van der Waals surface area contributed by atoms with Gasteiger partial charge in [-0.15, -0.1) is 0 Å². The smallest absolute Gasteiger partial charge is 0.154 e. The number of nitrogens with two attached hydrogens (primary N) is 1. The van der Waals surface area contributed by atoms with Crippen molar-refractivity contribution in [3.05, 3.63) is 0 Å². The molecule has 1 aliphatic heterocycles. The number of amidine groups is 1. The van der Waals surface area contributed by atoms with Crippen LogP contribution in [0.5, 0.6) is 0 Å². The van der Waals surface area contributed by atoms with Gasteiger partial charge in [0.2, 0.25) is 0 Å². The van der Waals surface area contributed by atoms with Gasteiger partial charge in [-0.3, -0.25) is 4.99 Å². The van der Waals surface area contributed by atoms with Gasteiger partial charge in [0.1, 0.15) is 13.3 Å². The van der Waals surface area contributed by atoms with E-state index in [1.807, 2.05) is 0 Å². The van der Waals surface area contributed by atoms with Gasteiger partial charge >= 0.3 is 0 Å². The first kappa shape index (κ1) is 8.29. The maximum atomic E-state index is 12.5. The minimum absolute atomic E-state index is 0.0739. The number of fused-ring (bicyclic) bond motifs is 1. The average molecular weight is 192 g/mol. The monoisotopic (exact) mass is 192 g/mol. The number of hydrogen-bond donors (Lipinski definition) is 1. The number of aliphatic imine (C=N–C) groups is 1. The highest BCUT2D eigenvalue weighted by atomic mass is 32.2. The first-order valence-electron chi connectivity index (χ1n) is 3.86. The molecule has 0 spiro atoms. The maximum Gasteiger partial charge on any atom is 0.154 e. The van der Waals surface area contributed by atoms with Gasteiger partial charge in [0.15, 0.2) is 5.17 Å². The molecule has 2 rings (SSSR count). The van der Waals surface area contributed by atoms with Crippen LogP contribution >= 0.6 is 11.8 Å². The van der Waals surface area contributed by atoms with Crippen LogP contribution < -0.4 is 5.73 Å². The van der Waals surface area contributed by atoms with Crippen LogP contribution in [0.15, 0.2) is 4.99 Å². The van der Waals surface area contributed by atoms with E-state index in [9.17, 15) is 8.78 Å². The summed E-state index contributed by atoms with van der Waals surface area (Å²) in [6.45, 7) is -0.942. The molecule has 0 saturated heterocycles. The second-order valence-electron chi connectivity index (χ2n) is 3.30. The van der Waals surface area contributed by atoms with Gasteiger partial charge in [0.25, 0.3) is 0 Å². The van der Waals surface area contributed by atoms with E-state index in [1.54, 1.807) is 0 Å².